The zero-order valence-electron chi connectivity index (χ0n) is 19.4. The normalized spacial score (nSPS) is 32.0. The van der Waals surface area contributed by atoms with Crippen LogP contribution in [-0.2, 0) is 19.1 Å². The average Bonchev–Trinajstić information content (AvgIpc) is 3.29. The first-order chi connectivity index (χ1) is 16.6. The van der Waals surface area contributed by atoms with Gasteiger partial charge < -0.3 is 29.9 Å². The van der Waals surface area contributed by atoms with Crippen molar-refractivity contribution in [3.63, 3.8) is 0 Å². The quantitative estimate of drug-likeness (QED) is 0.189. The van der Waals surface area contributed by atoms with Gasteiger partial charge >= 0.3 is 5.97 Å². The summed E-state index contributed by atoms with van der Waals surface area (Å²) in [6.45, 7) is -0.188. The molecule has 10 nitrogen and oxygen atoms in total. The number of unbranched alkanes of at least 4 members (excludes halogenated alkanes) is 2. The van der Waals surface area contributed by atoms with Crippen molar-refractivity contribution in [1.29, 1.82) is 0 Å². The van der Waals surface area contributed by atoms with Crippen LogP contribution < -0.4 is 4.74 Å². The topological polar surface area (TPSA) is 154 Å². The Morgan fingerprint density at radius 3 is 2.63 bits per heavy atom. The summed E-state index contributed by atoms with van der Waals surface area (Å²) in [5.74, 6) is -5.86. The number of hydrogen-bond donors (Lipinski definition) is 4. The van der Waals surface area contributed by atoms with Crippen LogP contribution in [0.2, 0.25) is 0 Å². The van der Waals surface area contributed by atoms with Gasteiger partial charge in [0.2, 0.25) is 11.8 Å². The van der Waals surface area contributed by atoms with Gasteiger partial charge in [-0.15, -0.1) is 0 Å². The van der Waals surface area contributed by atoms with Gasteiger partial charge in [0, 0.05) is 24.8 Å². The van der Waals surface area contributed by atoms with E-state index in [1.54, 1.807) is 12.1 Å². The number of hydrogen-bond acceptors (Lipinski definition) is 8. The first-order valence-corrected chi connectivity index (χ1v) is 12.8. The molecule has 2 aliphatic heterocycles. The Morgan fingerprint density at radius 1 is 1.23 bits per heavy atom. The summed E-state index contributed by atoms with van der Waals surface area (Å²) in [7, 11) is 1.43. The Hall–Kier alpha value is -1.96. The molecule has 1 aromatic carbocycles. The van der Waals surface area contributed by atoms with Crippen LogP contribution >= 0.6 is 22.6 Å². The predicted octanol–water partition coefficient (Wildman–Crippen LogP) is 2.03. The fourth-order valence-electron chi connectivity index (χ4n) is 5.84. The van der Waals surface area contributed by atoms with E-state index in [2.05, 4.69) is 0 Å². The third-order valence-corrected chi connectivity index (χ3v) is 8.41. The number of rotatable bonds is 9. The molecule has 3 fully saturated rings. The molecule has 1 aromatic rings. The minimum absolute atomic E-state index is 0.00478. The number of carbonyl (C=O) groups is 3. The number of carboxylic acids is 1. The van der Waals surface area contributed by atoms with Crippen LogP contribution in [-0.4, -0.2) is 69.2 Å². The number of likely N-dealkylation sites (tertiary alicyclic amines) is 1. The first kappa shape index (κ1) is 26.1. The second kappa shape index (κ2) is 10.2. The number of carbonyl (C=O) groups excluding carboxylic acids is 2. The molecule has 0 aromatic heterocycles. The number of amides is 2. The molecule has 2 saturated heterocycles. The highest BCUT2D eigenvalue weighted by atomic mass is 127. The summed E-state index contributed by atoms with van der Waals surface area (Å²) in [5, 5.41) is 40.6. The monoisotopic (exact) mass is 603 g/mol. The zero-order valence-corrected chi connectivity index (χ0v) is 21.5. The maximum atomic E-state index is 13.4. The smallest absolute Gasteiger partial charge is 0.303 e. The summed E-state index contributed by atoms with van der Waals surface area (Å²) in [4.78, 5) is 38.5. The molecule has 35 heavy (non-hydrogen) atoms. The van der Waals surface area contributed by atoms with Crippen molar-refractivity contribution >= 4 is 40.4 Å². The molecule has 11 heteroatoms. The van der Waals surface area contributed by atoms with Crippen molar-refractivity contribution in [3.8, 4) is 11.5 Å². The van der Waals surface area contributed by atoms with E-state index >= 15 is 0 Å². The van der Waals surface area contributed by atoms with Gasteiger partial charge in [-0.1, -0.05) is 6.42 Å². The van der Waals surface area contributed by atoms with Crippen LogP contribution in [0, 0.1) is 27.2 Å². The first-order valence-electron chi connectivity index (χ1n) is 11.8. The van der Waals surface area contributed by atoms with Crippen molar-refractivity contribution in [2.45, 2.75) is 50.4 Å². The van der Waals surface area contributed by atoms with Gasteiger partial charge in [0.15, 0.2) is 17.3 Å². The molecule has 3 aliphatic rings. The molecular formula is C24H30INO9. The number of phenols is 1. The molecule has 2 amide bonds. The summed E-state index contributed by atoms with van der Waals surface area (Å²) in [5.41, 5.74) is 0.659. The number of aliphatic hydroxyl groups excluding tert-OH is 1. The molecule has 2 heterocycles. The van der Waals surface area contributed by atoms with E-state index < -0.39 is 48.1 Å². The van der Waals surface area contributed by atoms with Crippen LogP contribution in [0.15, 0.2) is 12.1 Å². The van der Waals surface area contributed by atoms with Crippen molar-refractivity contribution in [3.05, 3.63) is 21.3 Å². The van der Waals surface area contributed by atoms with E-state index in [0.717, 1.165) is 0 Å². The lowest BCUT2D eigenvalue weighted by atomic mass is 9.64. The number of aliphatic hydroxyl groups is 2. The number of imide groups is 1. The van der Waals surface area contributed by atoms with E-state index in [0.29, 0.717) is 28.4 Å². The molecule has 4 rings (SSSR count). The lowest BCUT2D eigenvalue weighted by Crippen LogP contribution is -2.54. The number of phenolic OH excluding ortho intramolecular Hbond substituents is 1. The number of benzene rings is 1. The van der Waals surface area contributed by atoms with Gasteiger partial charge in [0.1, 0.15) is 0 Å². The molecule has 6 atom stereocenters. The van der Waals surface area contributed by atoms with Gasteiger partial charge in [0.05, 0.1) is 35.2 Å². The van der Waals surface area contributed by atoms with Crippen LogP contribution in [0.4, 0.5) is 0 Å². The van der Waals surface area contributed by atoms with Crippen molar-refractivity contribution in [1.82, 2.24) is 4.90 Å². The van der Waals surface area contributed by atoms with Crippen molar-refractivity contribution in [2.24, 2.45) is 23.7 Å². The van der Waals surface area contributed by atoms with Crippen molar-refractivity contribution in [2.75, 3.05) is 20.3 Å². The number of methoxy groups -OCH3 is 1. The van der Waals surface area contributed by atoms with Crippen LogP contribution in [0.5, 0.6) is 11.5 Å². The Kier molecular flexibility index (Phi) is 7.60. The molecule has 1 aliphatic carbocycles. The van der Waals surface area contributed by atoms with E-state index in [1.165, 1.54) is 12.0 Å². The molecule has 0 unspecified atom stereocenters. The Balaban J connectivity index is 1.56. The highest BCUT2D eigenvalue weighted by molar-refractivity contribution is 14.1. The fraction of sp³-hybridized carbons (Fsp3) is 0.625. The van der Waals surface area contributed by atoms with Crippen LogP contribution in [0.3, 0.4) is 0 Å². The fourth-order valence-corrected chi connectivity index (χ4v) is 6.47. The molecule has 4 N–H and O–H groups in total. The maximum absolute atomic E-state index is 13.4. The third kappa shape index (κ3) is 4.63. The summed E-state index contributed by atoms with van der Waals surface area (Å²) in [6.07, 6.45) is 1.39. The van der Waals surface area contributed by atoms with E-state index in [1.807, 2.05) is 22.6 Å². The minimum atomic E-state index is -1.77. The number of ether oxygens (including phenoxy) is 2. The van der Waals surface area contributed by atoms with Crippen LogP contribution in [0.25, 0.3) is 0 Å². The Bertz CT molecular complexity index is 1020. The number of carboxylic acid groups (broad SMARTS) is 1. The molecule has 1 saturated carbocycles. The standard InChI is InChI=1S/C24H30INO9/c1-34-18-8-12(7-16(25)21(18)30)17-10-15-20-14(9-13(11-27)24(15,33)35-17)22(31)26(23(20)32)6-4-2-3-5-19(28)29/h7-8,13-15,17,20,27,30,33H,2-6,9-11H2,1H3,(H,28,29)/t13-,14+,15+,17+,20+,24-/m1/s1. The van der Waals surface area contributed by atoms with Crippen molar-refractivity contribution < 1.29 is 44.3 Å². The lowest BCUT2D eigenvalue weighted by Gasteiger charge is -2.44. The second-order valence-corrected chi connectivity index (χ2v) is 10.7. The SMILES string of the molecule is COc1cc([C@@H]2C[C@H]3[C@H]4C(=O)N(CCCCCC(=O)O)C(=O)[C@H]4C[C@H](CO)[C@@]3(O)O2)cc(I)c1O. The number of aliphatic carboxylic acids is 1. The summed E-state index contributed by atoms with van der Waals surface area (Å²) >= 11 is 1.97. The van der Waals surface area contributed by atoms with Gasteiger partial charge in [0.25, 0.3) is 0 Å². The third-order valence-electron chi connectivity index (χ3n) is 7.59. The Morgan fingerprint density at radius 2 is 1.97 bits per heavy atom. The molecule has 0 bridgehead atoms. The average molecular weight is 603 g/mol. The zero-order chi connectivity index (χ0) is 25.5. The van der Waals surface area contributed by atoms with Gasteiger partial charge in [-0.2, -0.15) is 0 Å². The number of nitrogens with zero attached hydrogens (tertiary/aromatic N) is 1. The van der Waals surface area contributed by atoms with Gasteiger partial charge in [-0.3, -0.25) is 19.3 Å². The summed E-state index contributed by atoms with van der Waals surface area (Å²) in [6, 6.07) is 3.35. The van der Waals surface area contributed by atoms with Crippen LogP contribution in [0.1, 0.15) is 50.2 Å². The summed E-state index contributed by atoms with van der Waals surface area (Å²) < 4.78 is 11.9. The Labute approximate surface area is 216 Å². The second-order valence-electron chi connectivity index (χ2n) is 9.53. The lowest BCUT2D eigenvalue weighted by molar-refractivity contribution is -0.274. The highest BCUT2D eigenvalue weighted by Crippen LogP contribution is 2.58. The van der Waals surface area contributed by atoms with E-state index in [-0.39, 0.29) is 49.1 Å². The van der Waals surface area contributed by atoms with E-state index in [9.17, 15) is 29.7 Å². The molecule has 0 spiro atoms. The molecule has 192 valence electrons. The van der Waals surface area contributed by atoms with E-state index in [4.69, 9.17) is 14.6 Å². The predicted molar refractivity (Wildman–Crippen MR) is 129 cm³/mol. The number of halogens is 1. The highest BCUT2D eigenvalue weighted by Gasteiger charge is 2.66. The number of aromatic hydroxyl groups is 1. The molecular weight excluding hydrogens is 573 g/mol. The van der Waals surface area contributed by atoms with Gasteiger partial charge in [-0.05, 0) is 66.0 Å². The van der Waals surface area contributed by atoms with Gasteiger partial charge in [-0.25, -0.2) is 0 Å². The minimum Gasteiger partial charge on any atom is -0.504 e. The largest absolute Gasteiger partial charge is 0.504 e. The number of fused-ring (bicyclic) bond motifs is 3. The molecule has 0 radical (unpaired) electrons. The maximum Gasteiger partial charge on any atom is 0.303 e.